The van der Waals surface area contributed by atoms with Crippen molar-refractivity contribution in [3.63, 3.8) is 0 Å². The number of rotatable bonds is 5. The van der Waals surface area contributed by atoms with Crippen LogP contribution in [0.2, 0.25) is 5.02 Å². The summed E-state index contributed by atoms with van der Waals surface area (Å²) in [7, 11) is -3.66. The van der Waals surface area contributed by atoms with Crippen LogP contribution in [-0.4, -0.2) is 13.4 Å². The summed E-state index contributed by atoms with van der Waals surface area (Å²) < 4.78 is 27.3. The normalized spacial score (nSPS) is 11.2. The van der Waals surface area contributed by atoms with Gasteiger partial charge in [0.2, 0.25) is 0 Å². The van der Waals surface area contributed by atoms with E-state index in [0.717, 1.165) is 22.5 Å². The highest BCUT2D eigenvalue weighted by Gasteiger charge is 2.14. The van der Waals surface area contributed by atoms with Crippen LogP contribution in [0.5, 0.6) is 0 Å². The van der Waals surface area contributed by atoms with E-state index in [2.05, 4.69) is 15.0 Å². The van der Waals surface area contributed by atoms with Gasteiger partial charge in [-0.05, 0) is 55.8 Å². The summed E-state index contributed by atoms with van der Waals surface area (Å²) in [6.07, 6.45) is 1.56. The van der Waals surface area contributed by atoms with E-state index in [9.17, 15) is 8.42 Å². The fraction of sp³-hybridized carbons (Fsp3) is 0.105. The fourth-order valence-corrected chi connectivity index (χ4v) is 3.51. The molecule has 0 atom stereocenters. The van der Waals surface area contributed by atoms with Crippen molar-refractivity contribution in [3.8, 4) is 0 Å². The van der Waals surface area contributed by atoms with Crippen molar-refractivity contribution < 1.29 is 8.42 Å². The lowest BCUT2D eigenvalue weighted by Crippen LogP contribution is -2.13. The third kappa shape index (κ3) is 4.33. The molecule has 2 aromatic carbocycles. The lowest BCUT2D eigenvalue weighted by Gasteiger charge is -2.11. The molecule has 0 saturated heterocycles. The maximum atomic E-state index is 12.4. The largest absolute Gasteiger partial charge is 0.354 e. The number of nitrogens with one attached hydrogen (secondary N) is 2. The third-order valence-electron chi connectivity index (χ3n) is 3.81. The van der Waals surface area contributed by atoms with E-state index in [4.69, 9.17) is 11.6 Å². The zero-order valence-corrected chi connectivity index (χ0v) is 15.9. The summed E-state index contributed by atoms with van der Waals surface area (Å²) in [6, 6.07) is 15.6. The van der Waals surface area contributed by atoms with Gasteiger partial charge in [0.15, 0.2) is 0 Å². The number of aromatic nitrogens is 1. The van der Waals surface area contributed by atoms with E-state index < -0.39 is 10.0 Å². The van der Waals surface area contributed by atoms with Crippen molar-refractivity contribution >= 4 is 38.8 Å². The molecule has 0 aliphatic rings. The van der Waals surface area contributed by atoms with E-state index in [1.165, 1.54) is 0 Å². The van der Waals surface area contributed by atoms with Crippen molar-refractivity contribution in [2.24, 2.45) is 0 Å². The number of pyridine rings is 1. The quantitative estimate of drug-likeness (QED) is 0.653. The minimum absolute atomic E-state index is 0.196. The molecule has 2 N–H and O–H groups in total. The monoisotopic (exact) mass is 387 g/mol. The van der Waals surface area contributed by atoms with Gasteiger partial charge in [0.25, 0.3) is 10.0 Å². The highest BCUT2D eigenvalue weighted by molar-refractivity contribution is 7.92. The lowest BCUT2D eigenvalue weighted by atomic mass is 10.2. The van der Waals surface area contributed by atoms with Crippen LogP contribution in [0.1, 0.15) is 11.1 Å². The summed E-state index contributed by atoms with van der Waals surface area (Å²) >= 11 is 6.02. The number of nitrogens with zero attached hydrogens (tertiary/aromatic N) is 1. The molecule has 0 unspecified atom stereocenters. The average Bonchev–Trinajstić information content (AvgIpc) is 2.60. The maximum Gasteiger partial charge on any atom is 0.263 e. The van der Waals surface area contributed by atoms with E-state index in [-0.39, 0.29) is 10.7 Å². The molecule has 0 amide bonds. The smallest absolute Gasteiger partial charge is 0.263 e. The molecule has 0 fully saturated rings. The molecule has 5 nitrogen and oxygen atoms in total. The number of aryl methyl sites for hydroxylation is 2. The van der Waals surface area contributed by atoms with Gasteiger partial charge in [-0.15, -0.1) is 0 Å². The second-order valence-electron chi connectivity index (χ2n) is 5.93. The molecular weight excluding hydrogens is 370 g/mol. The number of hydrogen-bond acceptors (Lipinski definition) is 4. The van der Waals surface area contributed by atoms with Gasteiger partial charge >= 0.3 is 0 Å². The van der Waals surface area contributed by atoms with E-state index in [1.807, 2.05) is 32.0 Å². The molecular formula is C19H18ClN3O2S. The second-order valence-corrected chi connectivity index (χ2v) is 8.05. The van der Waals surface area contributed by atoms with Crippen LogP contribution in [-0.2, 0) is 10.0 Å². The zero-order chi connectivity index (χ0) is 18.7. The molecule has 0 radical (unpaired) electrons. The van der Waals surface area contributed by atoms with Crippen LogP contribution in [0, 0.1) is 13.8 Å². The van der Waals surface area contributed by atoms with Crippen LogP contribution < -0.4 is 10.0 Å². The Hall–Kier alpha value is -2.57. The minimum Gasteiger partial charge on any atom is -0.354 e. The third-order valence-corrected chi connectivity index (χ3v) is 5.42. The van der Waals surface area contributed by atoms with Crippen molar-refractivity contribution in [1.82, 2.24) is 4.98 Å². The predicted octanol–water partition coefficient (Wildman–Crippen LogP) is 4.90. The van der Waals surface area contributed by atoms with Gasteiger partial charge in [-0.2, -0.15) is 0 Å². The van der Waals surface area contributed by atoms with Crippen molar-refractivity contribution in [2.75, 3.05) is 10.0 Å². The molecule has 3 rings (SSSR count). The Balaban J connectivity index is 1.75. The molecule has 1 heterocycles. The van der Waals surface area contributed by atoms with Crippen LogP contribution in [0.25, 0.3) is 0 Å². The van der Waals surface area contributed by atoms with Gasteiger partial charge in [0.1, 0.15) is 5.82 Å². The molecule has 1 aromatic heterocycles. The van der Waals surface area contributed by atoms with Crippen molar-refractivity contribution in [2.45, 2.75) is 18.7 Å². The molecule has 7 heteroatoms. The van der Waals surface area contributed by atoms with E-state index >= 15 is 0 Å². The van der Waals surface area contributed by atoms with Crippen molar-refractivity contribution in [3.05, 3.63) is 76.9 Å². The summed E-state index contributed by atoms with van der Waals surface area (Å²) in [5.41, 5.74) is 3.63. The Morgan fingerprint density at radius 3 is 2.35 bits per heavy atom. The first-order valence-electron chi connectivity index (χ1n) is 7.92. The van der Waals surface area contributed by atoms with Gasteiger partial charge in [-0.3, -0.25) is 4.72 Å². The van der Waals surface area contributed by atoms with Gasteiger partial charge in [0, 0.05) is 10.7 Å². The van der Waals surface area contributed by atoms with Gasteiger partial charge in [-0.25, -0.2) is 13.4 Å². The summed E-state index contributed by atoms with van der Waals surface area (Å²) in [6.45, 7) is 3.87. The first kappa shape index (κ1) is 18.2. The minimum atomic E-state index is -3.66. The summed E-state index contributed by atoms with van der Waals surface area (Å²) in [4.78, 5) is 4.37. The first-order valence-corrected chi connectivity index (χ1v) is 9.78. The molecule has 3 aromatic rings. The Bertz CT molecular complexity index is 1020. The number of benzene rings is 2. The lowest BCUT2D eigenvalue weighted by molar-refractivity contribution is 0.601. The zero-order valence-electron chi connectivity index (χ0n) is 14.3. The maximum absolute atomic E-state index is 12.4. The highest BCUT2D eigenvalue weighted by atomic mass is 35.5. The Labute approximate surface area is 158 Å². The Morgan fingerprint density at radius 2 is 1.69 bits per heavy atom. The number of anilines is 3. The van der Waals surface area contributed by atoms with Crippen molar-refractivity contribution in [1.29, 1.82) is 0 Å². The fourth-order valence-electron chi connectivity index (χ4n) is 2.33. The predicted molar refractivity (Wildman–Crippen MR) is 106 cm³/mol. The first-order chi connectivity index (χ1) is 12.3. The molecule has 26 heavy (non-hydrogen) atoms. The Morgan fingerprint density at radius 1 is 0.962 bits per heavy atom. The number of halogens is 1. The van der Waals surface area contributed by atoms with E-state index in [1.54, 1.807) is 42.6 Å². The molecule has 134 valence electrons. The highest BCUT2D eigenvalue weighted by Crippen LogP contribution is 2.24. The molecule has 0 aliphatic carbocycles. The second kappa shape index (κ2) is 7.35. The van der Waals surface area contributed by atoms with E-state index in [0.29, 0.717) is 5.02 Å². The van der Waals surface area contributed by atoms with Crippen LogP contribution in [0.4, 0.5) is 17.2 Å². The standard InChI is InChI=1S/C19H18ClN3O2S/c1-13-3-8-17(9-4-13)26(24,25)23-19-10-7-16(12-21-19)22-18-11-15(20)6-5-14(18)2/h3-12,22H,1-2H3,(H,21,23). The molecule has 0 spiro atoms. The van der Waals surface area contributed by atoms with Gasteiger partial charge < -0.3 is 5.32 Å². The topological polar surface area (TPSA) is 71.1 Å². The number of hydrogen-bond donors (Lipinski definition) is 2. The summed E-state index contributed by atoms with van der Waals surface area (Å²) in [5, 5.41) is 3.85. The average molecular weight is 388 g/mol. The van der Waals surface area contributed by atoms with Gasteiger partial charge in [-0.1, -0.05) is 35.4 Å². The van der Waals surface area contributed by atoms with Crippen LogP contribution >= 0.6 is 11.6 Å². The Kier molecular flexibility index (Phi) is 5.15. The molecule has 0 saturated carbocycles. The van der Waals surface area contributed by atoms with Crippen LogP contribution in [0.15, 0.2) is 65.7 Å². The molecule has 0 aliphatic heterocycles. The SMILES string of the molecule is Cc1ccc(S(=O)(=O)Nc2ccc(Nc3cc(Cl)ccc3C)cn2)cc1. The summed E-state index contributed by atoms with van der Waals surface area (Å²) in [5.74, 6) is 0.249. The number of sulfonamides is 1. The van der Waals surface area contributed by atoms with Crippen LogP contribution in [0.3, 0.4) is 0 Å². The molecule has 0 bridgehead atoms. The van der Waals surface area contributed by atoms with Gasteiger partial charge in [0.05, 0.1) is 16.8 Å².